The first-order valence-corrected chi connectivity index (χ1v) is 12.7. The van der Waals surface area contributed by atoms with Crippen molar-refractivity contribution in [1.29, 1.82) is 0 Å². The SMILES string of the molecule is C=C/C=C/C/C=C/C=C/C=C(/C)c1c(C(N)=O)c(OCCCCN2CCOCC2)cc2ccccc12. The van der Waals surface area contributed by atoms with Crippen LogP contribution in [-0.4, -0.2) is 50.3 Å². The van der Waals surface area contributed by atoms with Crippen LogP contribution in [0, 0.1) is 0 Å². The van der Waals surface area contributed by atoms with E-state index in [0.29, 0.717) is 17.9 Å². The molecular weight excluding hydrogens is 448 g/mol. The predicted molar refractivity (Wildman–Crippen MR) is 150 cm³/mol. The molecule has 1 fully saturated rings. The minimum Gasteiger partial charge on any atom is -0.493 e. The second-order valence-electron chi connectivity index (χ2n) is 8.78. The maximum Gasteiger partial charge on any atom is 0.253 e. The van der Waals surface area contributed by atoms with Crippen molar-refractivity contribution in [3.63, 3.8) is 0 Å². The quantitative estimate of drug-likeness (QED) is 0.275. The Morgan fingerprint density at radius 1 is 1.08 bits per heavy atom. The zero-order valence-electron chi connectivity index (χ0n) is 21.3. The molecule has 190 valence electrons. The van der Waals surface area contributed by atoms with Gasteiger partial charge >= 0.3 is 0 Å². The molecule has 1 heterocycles. The average Bonchev–Trinajstić information content (AvgIpc) is 2.89. The van der Waals surface area contributed by atoms with Gasteiger partial charge in [-0.1, -0.05) is 79.5 Å². The number of benzene rings is 2. The molecule has 0 radical (unpaired) electrons. The Kier molecular flexibility index (Phi) is 11.2. The molecule has 5 nitrogen and oxygen atoms in total. The number of hydrogen-bond donors (Lipinski definition) is 1. The predicted octanol–water partition coefficient (Wildman–Crippen LogP) is 6.08. The highest BCUT2D eigenvalue weighted by Gasteiger charge is 2.20. The lowest BCUT2D eigenvalue weighted by Gasteiger charge is -2.26. The van der Waals surface area contributed by atoms with Gasteiger partial charge in [-0.2, -0.15) is 0 Å². The van der Waals surface area contributed by atoms with E-state index in [9.17, 15) is 4.79 Å². The fraction of sp³-hybridized carbons (Fsp3) is 0.323. The van der Waals surface area contributed by atoms with E-state index in [-0.39, 0.29) is 0 Å². The first kappa shape index (κ1) is 27.2. The minimum absolute atomic E-state index is 0.439. The fourth-order valence-corrected chi connectivity index (χ4v) is 4.29. The number of carbonyl (C=O) groups is 1. The monoisotopic (exact) mass is 486 g/mol. The Morgan fingerprint density at radius 3 is 2.64 bits per heavy atom. The van der Waals surface area contributed by atoms with Gasteiger partial charge in [0.15, 0.2) is 0 Å². The Balaban J connectivity index is 1.77. The summed E-state index contributed by atoms with van der Waals surface area (Å²) >= 11 is 0. The van der Waals surface area contributed by atoms with Gasteiger partial charge in [0, 0.05) is 18.7 Å². The number of nitrogens with two attached hydrogens (primary N) is 1. The Labute approximate surface area is 215 Å². The van der Waals surface area contributed by atoms with Crippen molar-refractivity contribution >= 4 is 22.3 Å². The van der Waals surface area contributed by atoms with Crippen LogP contribution in [0.5, 0.6) is 5.75 Å². The molecule has 1 aliphatic heterocycles. The summed E-state index contributed by atoms with van der Waals surface area (Å²) in [7, 11) is 0. The van der Waals surface area contributed by atoms with E-state index in [0.717, 1.165) is 74.0 Å². The summed E-state index contributed by atoms with van der Waals surface area (Å²) in [5.74, 6) is 0.0675. The lowest BCUT2D eigenvalue weighted by atomic mass is 9.92. The molecule has 0 unspecified atom stereocenters. The number of allylic oxidation sites excluding steroid dienone is 9. The number of morpholine rings is 1. The summed E-state index contributed by atoms with van der Waals surface area (Å²) in [6.07, 6.45) is 18.5. The van der Waals surface area contributed by atoms with Gasteiger partial charge in [-0.15, -0.1) is 0 Å². The third-order valence-corrected chi connectivity index (χ3v) is 6.13. The van der Waals surface area contributed by atoms with E-state index in [4.69, 9.17) is 15.2 Å². The summed E-state index contributed by atoms with van der Waals surface area (Å²) in [5, 5.41) is 2.00. The molecule has 1 amide bonds. The van der Waals surface area contributed by atoms with Crippen LogP contribution >= 0.6 is 0 Å². The zero-order valence-corrected chi connectivity index (χ0v) is 21.3. The molecule has 0 atom stereocenters. The Bertz CT molecular complexity index is 1140. The molecular formula is C31H38N2O3. The molecule has 5 heteroatoms. The van der Waals surface area contributed by atoms with E-state index in [1.54, 1.807) is 6.08 Å². The first-order chi connectivity index (χ1) is 17.6. The van der Waals surface area contributed by atoms with Crippen LogP contribution in [0.3, 0.4) is 0 Å². The fourth-order valence-electron chi connectivity index (χ4n) is 4.29. The summed E-state index contributed by atoms with van der Waals surface area (Å²) < 4.78 is 11.6. The standard InChI is InChI=1S/C31H38N2O3/c1-3-4-5-6-7-8-9-10-15-25(2)29-27-17-12-11-16-26(27)24-28(30(29)31(32)34)36-21-14-13-18-33-19-22-35-23-20-33/h3-5,7-12,15-17,24H,1,6,13-14,18-23H2,2H3,(H2,32,34)/b5-4+,8-7+,10-9+,25-15-. The number of rotatable bonds is 13. The number of nitrogens with zero attached hydrogens (tertiary/aromatic N) is 1. The van der Waals surface area contributed by atoms with Crippen LogP contribution < -0.4 is 10.5 Å². The highest BCUT2D eigenvalue weighted by Crippen LogP contribution is 2.35. The average molecular weight is 487 g/mol. The van der Waals surface area contributed by atoms with Crippen LogP contribution in [0.1, 0.15) is 42.1 Å². The number of carbonyl (C=O) groups excluding carboxylic acids is 1. The number of ether oxygens (including phenoxy) is 2. The highest BCUT2D eigenvalue weighted by atomic mass is 16.5. The molecule has 2 aromatic carbocycles. The Hall–Kier alpha value is -3.41. The molecule has 36 heavy (non-hydrogen) atoms. The smallest absolute Gasteiger partial charge is 0.253 e. The van der Waals surface area contributed by atoms with Gasteiger partial charge in [0.1, 0.15) is 5.75 Å². The van der Waals surface area contributed by atoms with Crippen LogP contribution in [0.4, 0.5) is 0 Å². The molecule has 2 N–H and O–H groups in total. The topological polar surface area (TPSA) is 64.8 Å². The van der Waals surface area contributed by atoms with Crippen LogP contribution in [0.15, 0.2) is 85.5 Å². The van der Waals surface area contributed by atoms with E-state index < -0.39 is 5.91 Å². The van der Waals surface area contributed by atoms with Gasteiger partial charge in [-0.25, -0.2) is 0 Å². The van der Waals surface area contributed by atoms with E-state index in [2.05, 4.69) is 17.6 Å². The molecule has 0 bridgehead atoms. The second kappa shape index (κ2) is 14.9. The molecule has 0 aliphatic carbocycles. The number of primary amides is 1. The second-order valence-corrected chi connectivity index (χ2v) is 8.78. The number of unbranched alkanes of at least 4 members (excludes halogenated alkanes) is 1. The molecule has 0 saturated carbocycles. The highest BCUT2D eigenvalue weighted by molar-refractivity contribution is 6.08. The lowest BCUT2D eigenvalue weighted by molar-refractivity contribution is 0.0368. The molecule has 3 rings (SSSR count). The van der Waals surface area contributed by atoms with Crippen molar-refractivity contribution in [2.24, 2.45) is 5.73 Å². The summed E-state index contributed by atoms with van der Waals surface area (Å²) in [6.45, 7) is 10.8. The summed E-state index contributed by atoms with van der Waals surface area (Å²) in [4.78, 5) is 15.1. The normalized spacial score (nSPS) is 15.4. The van der Waals surface area contributed by atoms with Crippen LogP contribution in [0.2, 0.25) is 0 Å². The first-order valence-electron chi connectivity index (χ1n) is 12.7. The number of fused-ring (bicyclic) bond motifs is 1. The van der Waals surface area contributed by atoms with Crippen LogP contribution in [0.25, 0.3) is 16.3 Å². The molecule has 1 aliphatic rings. The maximum absolute atomic E-state index is 12.6. The summed E-state index contributed by atoms with van der Waals surface area (Å²) in [5.41, 5.74) is 8.12. The largest absolute Gasteiger partial charge is 0.493 e. The van der Waals surface area contributed by atoms with Crippen molar-refractivity contribution in [3.05, 3.63) is 96.6 Å². The summed E-state index contributed by atoms with van der Waals surface area (Å²) in [6, 6.07) is 9.97. The molecule has 2 aromatic rings. The molecule has 1 saturated heterocycles. The third kappa shape index (κ3) is 8.08. The van der Waals surface area contributed by atoms with Gasteiger partial charge in [-0.05, 0) is 55.1 Å². The van der Waals surface area contributed by atoms with Crippen molar-refractivity contribution in [3.8, 4) is 5.75 Å². The molecule has 0 aromatic heterocycles. The number of amides is 1. The van der Waals surface area contributed by atoms with Crippen molar-refractivity contribution in [2.45, 2.75) is 26.2 Å². The van der Waals surface area contributed by atoms with Gasteiger partial charge in [-0.3, -0.25) is 9.69 Å². The third-order valence-electron chi connectivity index (χ3n) is 6.13. The van der Waals surface area contributed by atoms with E-state index in [1.165, 1.54) is 0 Å². The Morgan fingerprint density at radius 2 is 1.86 bits per heavy atom. The van der Waals surface area contributed by atoms with Gasteiger partial charge in [0.2, 0.25) is 0 Å². The van der Waals surface area contributed by atoms with Gasteiger partial charge in [0.05, 0.1) is 25.4 Å². The van der Waals surface area contributed by atoms with E-state index >= 15 is 0 Å². The zero-order chi connectivity index (χ0) is 25.6. The lowest BCUT2D eigenvalue weighted by Crippen LogP contribution is -2.36. The van der Waals surface area contributed by atoms with Crippen LogP contribution in [-0.2, 0) is 4.74 Å². The van der Waals surface area contributed by atoms with Crippen molar-refractivity contribution in [1.82, 2.24) is 4.90 Å². The van der Waals surface area contributed by atoms with Crippen molar-refractivity contribution < 1.29 is 14.3 Å². The number of hydrogen-bond acceptors (Lipinski definition) is 4. The van der Waals surface area contributed by atoms with Gasteiger partial charge in [0.25, 0.3) is 5.91 Å². The maximum atomic E-state index is 12.6. The van der Waals surface area contributed by atoms with E-state index in [1.807, 2.05) is 73.7 Å². The van der Waals surface area contributed by atoms with Gasteiger partial charge < -0.3 is 15.2 Å². The van der Waals surface area contributed by atoms with Crippen molar-refractivity contribution in [2.75, 3.05) is 39.5 Å². The minimum atomic E-state index is -0.482. The molecule has 0 spiro atoms.